The van der Waals surface area contributed by atoms with Crippen molar-refractivity contribution in [2.45, 2.75) is 27.2 Å². The standard InChI is InChI=1S/C18H24ClN3O3/c1-5-13-6-8-14(9-7-13)15-20-17(25-11-10-24-4)21-22(15)16(23)18(2,3)12-19/h6-9H,5,10-12H2,1-4H3. The lowest BCUT2D eigenvalue weighted by molar-refractivity contribution is 0.0751. The Kier molecular flexibility index (Phi) is 6.56. The number of carbonyl (C=O) groups excluding carboxylic acids is 1. The van der Waals surface area contributed by atoms with Gasteiger partial charge in [-0.15, -0.1) is 16.7 Å². The van der Waals surface area contributed by atoms with Crippen molar-refractivity contribution in [2.24, 2.45) is 5.41 Å². The van der Waals surface area contributed by atoms with E-state index in [1.165, 1.54) is 10.2 Å². The van der Waals surface area contributed by atoms with Crippen LogP contribution in [-0.4, -0.2) is 46.9 Å². The van der Waals surface area contributed by atoms with Gasteiger partial charge in [0.25, 0.3) is 5.91 Å². The number of rotatable bonds is 8. The van der Waals surface area contributed by atoms with E-state index in [9.17, 15) is 4.79 Å². The predicted molar refractivity (Wildman–Crippen MR) is 97.3 cm³/mol. The van der Waals surface area contributed by atoms with Crippen molar-refractivity contribution in [3.05, 3.63) is 29.8 Å². The molecule has 0 aliphatic heterocycles. The van der Waals surface area contributed by atoms with Crippen LogP contribution in [0, 0.1) is 5.41 Å². The molecule has 0 saturated heterocycles. The van der Waals surface area contributed by atoms with Gasteiger partial charge in [-0.25, -0.2) is 0 Å². The highest BCUT2D eigenvalue weighted by Gasteiger charge is 2.32. The van der Waals surface area contributed by atoms with Gasteiger partial charge in [-0.1, -0.05) is 31.2 Å². The summed E-state index contributed by atoms with van der Waals surface area (Å²) in [7, 11) is 1.59. The molecule has 0 saturated carbocycles. The second kappa shape index (κ2) is 8.45. The molecular formula is C18H24ClN3O3. The highest BCUT2D eigenvalue weighted by Crippen LogP contribution is 2.26. The Morgan fingerprint density at radius 3 is 2.48 bits per heavy atom. The van der Waals surface area contributed by atoms with E-state index >= 15 is 0 Å². The van der Waals surface area contributed by atoms with Crippen LogP contribution in [-0.2, 0) is 11.2 Å². The van der Waals surface area contributed by atoms with Crippen LogP contribution in [0.2, 0.25) is 0 Å². The lowest BCUT2D eigenvalue weighted by Gasteiger charge is -2.19. The first kappa shape index (κ1) is 19.4. The van der Waals surface area contributed by atoms with Gasteiger partial charge in [-0.2, -0.15) is 9.67 Å². The summed E-state index contributed by atoms with van der Waals surface area (Å²) in [5, 5.41) is 4.23. The molecule has 25 heavy (non-hydrogen) atoms. The van der Waals surface area contributed by atoms with Crippen molar-refractivity contribution in [1.29, 1.82) is 0 Å². The number of aromatic nitrogens is 3. The number of hydrogen-bond acceptors (Lipinski definition) is 5. The lowest BCUT2D eigenvalue weighted by Crippen LogP contribution is -2.32. The highest BCUT2D eigenvalue weighted by molar-refractivity contribution is 6.20. The van der Waals surface area contributed by atoms with E-state index in [1.54, 1.807) is 21.0 Å². The topological polar surface area (TPSA) is 66.2 Å². The molecule has 6 nitrogen and oxygen atoms in total. The third-order valence-electron chi connectivity index (χ3n) is 3.83. The third kappa shape index (κ3) is 4.58. The second-order valence-electron chi connectivity index (χ2n) is 6.34. The van der Waals surface area contributed by atoms with Crippen LogP contribution in [0.1, 0.15) is 31.1 Å². The summed E-state index contributed by atoms with van der Waals surface area (Å²) in [5.41, 5.74) is 1.24. The minimum Gasteiger partial charge on any atom is -0.460 e. The number of methoxy groups -OCH3 is 1. The van der Waals surface area contributed by atoms with Crippen LogP contribution < -0.4 is 4.74 Å². The Hall–Kier alpha value is -1.92. The quantitative estimate of drug-likeness (QED) is 0.529. The summed E-state index contributed by atoms with van der Waals surface area (Å²) in [5.74, 6) is 0.393. The van der Waals surface area contributed by atoms with Gasteiger partial charge >= 0.3 is 6.01 Å². The molecule has 0 aliphatic carbocycles. The molecule has 0 bridgehead atoms. The van der Waals surface area contributed by atoms with E-state index in [0.29, 0.717) is 19.0 Å². The third-order valence-corrected chi connectivity index (χ3v) is 4.50. The number of alkyl halides is 1. The summed E-state index contributed by atoms with van der Waals surface area (Å²) < 4.78 is 11.7. The first-order valence-electron chi connectivity index (χ1n) is 8.21. The minimum atomic E-state index is -0.767. The number of ether oxygens (including phenoxy) is 2. The number of halogens is 1. The second-order valence-corrected chi connectivity index (χ2v) is 6.61. The predicted octanol–water partition coefficient (Wildman–Crippen LogP) is 3.44. The fourth-order valence-corrected chi connectivity index (χ4v) is 2.25. The molecule has 7 heteroatoms. The van der Waals surface area contributed by atoms with Gasteiger partial charge in [0.05, 0.1) is 12.0 Å². The fraction of sp³-hybridized carbons (Fsp3) is 0.500. The Morgan fingerprint density at radius 2 is 1.92 bits per heavy atom. The number of aryl methyl sites for hydroxylation is 1. The maximum Gasteiger partial charge on any atom is 0.336 e. The summed E-state index contributed by atoms with van der Waals surface area (Å²) >= 11 is 5.95. The summed E-state index contributed by atoms with van der Waals surface area (Å²) in [4.78, 5) is 17.2. The van der Waals surface area contributed by atoms with E-state index in [-0.39, 0.29) is 17.8 Å². The van der Waals surface area contributed by atoms with Crippen LogP contribution in [0.15, 0.2) is 24.3 Å². The van der Waals surface area contributed by atoms with Gasteiger partial charge in [-0.05, 0) is 25.8 Å². The van der Waals surface area contributed by atoms with E-state index in [1.807, 2.05) is 24.3 Å². The molecule has 0 atom stereocenters. The zero-order valence-corrected chi connectivity index (χ0v) is 15.8. The van der Waals surface area contributed by atoms with Gasteiger partial charge in [0.2, 0.25) is 0 Å². The van der Waals surface area contributed by atoms with E-state index in [2.05, 4.69) is 17.0 Å². The maximum atomic E-state index is 12.9. The normalized spacial score (nSPS) is 11.6. The summed E-state index contributed by atoms with van der Waals surface area (Å²) in [6.07, 6.45) is 0.941. The van der Waals surface area contributed by atoms with Gasteiger partial charge in [0, 0.05) is 18.6 Å². The summed E-state index contributed by atoms with van der Waals surface area (Å²) in [6.45, 7) is 6.36. The van der Waals surface area contributed by atoms with Crippen molar-refractivity contribution in [2.75, 3.05) is 26.2 Å². The van der Waals surface area contributed by atoms with E-state index < -0.39 is 5.41 Å². The highest BCUT2D eigenvalue weighted by atomic mass is 35.5. The molecule has 136 valence electrons. The van der Waals surface area contributed by atoms with Gasteiger partial charge in [0.15, 0.2) is 5.82 Å². The van der Waals surface area contributed by atoms with Crippen LogP contribution in [0.5, 0.6) is 6.01 Å². The van der Waals surface area contributed by atoms with E-state index in [4.69, 9.17) is 21.1 Å². The molecule has 1 aromatic heterocycles. The molecule has 1 heterocycles. The zero-order valence-electron chi connectivity index (χ0n) is 15.1. The van der Waals surface area contributed by atoms with Crippen LogP contribution in [0.25, 0.3) is 11.4 Å². The van der Waals surface area contributed by atoms with E-state index in [0.717, 1.165) is 12.0 Å². The smallest absolute Gasteiger partial charge is 0.336 e. The molecular weight excluding hydrogens is 342 g/mol. The van der Waals surface area contributed by atoms with Crippen LogP contribution in [0.4, 0.5) is 0 Å². The Morgan fingerprint density at radius 1 is 1.24 bits per heavy atom. The minimum absolute atomic E-state index is 0.144. The monoisotopic (exact) mass is 365 g/mol. The SMILES string of the molecule is CCc1ccc(-c2nc(OCCOC)nn2C(=O)C(C)(C)CCl)cc1. The molecule has 0 N–H and O–H groups in total. The average Bonchev–Trinajstić information content (AvgIpc) is 3.05. The Bertz CT molecular complexity index is 711. The summed E-state index contributed by atoms with van der Waals surface area (Å²) in [6, 6.07) is 8.03. The Balaban J connectivity index is 2.42. The van der Waals surface area contributed by atoms with Crippen molar-refractivity contribution in [3.8, 4) is 17.4 Å². The molecule has 0 fully saturated rings. The van der Waals surface area contributed by atoms with Crippen LogP contribution >= 0.6 is 11.6 Å². The number of benzene rings is 1. The number of carbonyl (C=O) groups is 1. The van der Waals surface area contributed by atoms with Gasteiger partial charge < -0.3 is 9.47 Å². The Labute approximate surface area is 153 Å². The largest absolute Gasteiger partial charge is 0.460 e. The van der Waals surface area contributed by atoms with Gasteiger partial charge in [0.1, 0.15) is 6.61 Å². The molecule has 0 spiro atoms. The molecule has 2 aromatic rings. The lowest BCUT2D eigenvalue weighted by atomic mass is 9.95. The molecule has 0 aliphatic rings. The van der Waals surface area contributed by atoms with Gasteiger partial charge in [-0.3, -0.25) is 4.79 Å². The average molecular weight is 366 g/mol. The van der Waals surface area contributed by atoms with Crippen LogP contribution in [0.3, 0.4) is 0 Å². The first-order valence-corrected chi connectivity index (χ1v) is 8.75. The van der Waals surface area contributed by atoms with Crippen molar-refractivity contribution < 1.29 is 14.3 Å². The number of nitrogens with zero attached hydrogens (tertiary/aromatic N) is 3. The van der Waals surface area contributed by atoms with Crippen molar-refractivity contribution >= 4 is 17.5 Å². The molecule has 0 radical (unpaired) electrons. The van der Waals surface area contributed by atoms with Crippen molar-refractivity contribution in [1.82, 2.24) is 14.8 Å². The molecule has 0 amide bonds. The molecule has 0 unspecified atom stereocenters. The number of hydrogen-bond donors (Lipinski definition) is 0. The fourth-order valence-electron chi connectivity index (χ4n) is 2.13. The maximum absolute atomic E-state index is 12.9. The first-order chi connectivity index (χ1) is 11.9. The zero-order chi connectivity index (χ0) is 18.4. The van der Waals surface area contributed by atoms with Crippen molar-refractivity contribution in [3.63, 3.8) is 0 Å². The molecule has 1 aromatic carbocycles. The molecule has 2 rings (SSSR count).